The number of benzene rings is 1. The summed E-state index contributed by atoms with van der Waals surface area (Å²) >= 11 is 0. The molecule has 1 heterocycles. The fraction of sp³-hybridized carbons (Fsp3) is 0.214. The topological polar surface area (TPSA) is 81.4 Å². The minimum Gasteiger partial charge on any atom is -0.484 e. The third-order valence-corrected chi connectivity index (χ3v) is 2.53. The number of aromatic nitrogens is 1. The van der Waals surface area contributed by atoms with E-state index < -0.39 is 0 Å². The fourth-order valence-electron chi connectivity index (χ4n) is 1.54. The van der Waals surface area contributed by atoms with Crippen molar-refractivity contribution in [3.05, 3.63) is 41.7 Å². The van der Waals surface area contributed by atoms with Crippen LogP contribution in [0.25, 0.3) is 0 Å². The van der Waals surface area contributed by atoms with Gasteiger partial charge in [-0.15, -0.1) is 0 Å². The summed E-state index contributed by atoms with van der Waals surface area (Å²) in [6.45, 7) is 3.07. The van der Waals surface area contributed by atoms with E-state index in [1.807, 2.05) is 0 Å². The highest BCUT2D eigenvalue weighted by atomic mass is 16.5. The zero-order valence-electron chi connectivity index (χ0n) is 11.2. The van der Waals surface area contributed by atoms with Gasteiger partial charge in [0.2, 0.25) is 0 Å². The summed E-state index contributed by atoms with van der Waals surface area (Å²) in [7, 11) is 0. The fourth-order valence-corrected chi connectivity index (χ4v) is 1.54. The lowest BCUT2D eigenvalue weighted by Gasteiger charge is -2.06. The third kappa shape index (κ3) is 3.68. The van der Waals surface area contributed by atoms with Gasteiger partial charge >= 0.3 is 0 Å². The van der Waals surface area contributed by atoms with Crippen LogP contribution in [0.15, 0.2) is 34.9 Å². The van der Waals surface area contributed by atoms with Crippen LogP contribution in [-0.2, 0) is 4.79 Å². The van der Waals surface area contributed by atoms with Crippen LogP contribution in [0, 0.1) is 6.92 Å². The van der Waals surface area contributed by atoms with E-state index in [9.17, 15) is 9.59 Å². The summed E-state index contributed by atoms with van der Waals surface area (Å²) in [6.07, 6.45) is 0. The number of amides is 1. The molecule has 6 nitrogen and oxygen atoms in total. The number of rotatable bonds is 5. The van der Waals surface area contributed by atoms with Crippen LogP contribution in [0.5, 0.6) is 5.75 Å². The Morgan fingerprint density at radius 2 is 2.00 bits per heavy atom. The summed E-state index contributed by atoms with van der Waals surface area (Å²) in [4.78, 5) is 22.7. The molecule has 0 aliphatic rings. The van der Waals surface area contributed by atoms with Crippen molar-refractivity contribution in [1.29, 1.82) is 0 Å². The molecule has 0 aliphatic heterocycles. The molecule has 0 bridgehead atoms. The Kier molecular flexibility index (Phi) is 4.14. The zero-order chi connectivity index (χ0) is 14.5. The van der Waals surface area contributed by atoms with Gasteiger partial charge in [0.25, 0.3) is 5.91 Å². The predicted octanol–water partition coefficient (Wildman–Crippen LogP) is 2.20. The monoisotopic (exact) mass is 274 g/mol. The van der Waals surface area contributed by atoms with Gasteiger partial charge in [0, 0.05) is 11.6 Å². The standard InChI is InChI=1S/C14H14N2O4/c1-9-7-13(16-20-9)15-14(18)8-19-12-5-3-11(4-6-12)10(2)17/h3-7H,8H2,1-2H3,(H,15,16,18). The number of nitrogens with zero attached hydrogens (tertiary/aromatic N) is 1. The van der Waals surface area contributed by atoms with Crippen molar-refractivity contribution in [2.45, 2.75) is 13.8 Å². The zero-order valence-corrected chi connectivity index (χ0v) is 11.2. The van der Waals surface area contributed by atoms with Gasteiger partial charge in [-0.3, -0.25) is 9.59 Å². The van der Waals surface area contributed by atoms with E-state index in [2.05, 4.69) is 10.5 Å². The van der Waals surface area contributed by atoms with Crippen molar-refractivity contribution in [1.82, 2.24) is 5.16 Å². The second-order valence-corrected chi connectivity index (χ2v) is 4.24. The maximum Gasteiger partial charge on any atom is 0.263 e. The first-order chi connectivity index (χ1) is 9.54. The van der Waals surface area contributed by atoms with Crippen molar-refractivity contribution < 1.29 is 18.8 Å². The Morgan fingerprint density at radius 1 is 1.30 bits per heavy atom. The summed E-state index contributed by atoms with van der Waals surface area (Å²) < 4.78 is 10.1. The average molecular weight is 274 g/mol. The second-order valence-electron chi connectivity index (χ2n) is 4.24. The maximum absolute atomic E-state index is 11.6. The average Bonchev–Trinajstić information content (AvgIpc) is 2.82. The third-order valence-electron chi connectivity index (χ3n) is 2.53. The normalized spacial score (nSPS) is 10.1. The molecular formula is C14H14N2O4. The van der Waals surface area contributed by atoms with E-state index in [0.29, 0.717) is 22.9 Å². The molecule has 1 amide bonds. The number of carbonyl (C=O) groups is 2. The number of carbonyl (C=O) groups excluding carboxylic acids is 2. The van der Waals surface area contributed by atoms with E-state index in [4.69, 9.17) is 9.26 Å². The summed E-state index contributed by atoms with van der Waals surface area (Å²) in [6, 6.07) is 8.20. The number of nitrogens with one attached hydrogen (secondary N) is 1. The van der Waals surface area contributed by atoms with Crippen molar-refractivity contribution >= 4 is 17.5 Å². The first-order valence-electron chi connectivity index (χ1n) is 6.01. The molecule has 2 aromatic rings. The molecule has 0 radical (unpaired) electrons. The van der Waals surface area contributed by atoms with Crippen molar-refractivity contribution in [2.24, 2.45) is 0 Å². The molecule has 1 N–H and O–H groups in total. The molecule has 0 aliphatic carbocycles. The van der Waals surface area contributed by atoms with Crippen LogP contribution in [0.3, 0.4) is 0 Å². The molecule has 0 unspecified atom stereocenters. The highest BCUT2D eigenvalue weighted by Crippen LogP contribution is 2.13. The lowest BCUT2D eigenvalue weighted by atomic mass is 10.1. The Bertz CT molecular complexity index is 616. The quantitative estimate of drug-likeness (QED) is 0.845. The second kappa shape index (κ2) is 6.01. The lowest BCUT2D eigenvalue weighted by Crippen LogP contribution is -2.20. The first kappa shape index (κ1) is 13.8. The van der Waals surface area contributed by atoms with Gasteiger partial charge in [0.1, 0.15) is 11.5 Å². The summed E-state index contributed by atoms with van der Waals surface area (Å²) in [5, 5.41) is 6.18. The van der Waals surface area contributed by atoms with E-state index in [1.165, 1.54) is 6.92 Å². The van der Waals surface area contributed by atoms with Crippen LogP contribution < -0.4 is 10.1 Å². The molecular weight excluding hydrogens is 260 g/mol. The molecule has 6 heteroatoms. The van der Waals surface area contributed by atoms with E-state index in [-0.39, 0.29) is 18.3 Å². The van der Waals surface area contributed by atoms with E-state index in [1.54, 1.807) is 37.3 Å². The maximum atomic E-state index is 11.6. The number of ketones is 1. The molecule has 0 atom stereocenters. The van der Waals surface area contributed by atoms with Gasteiger partial charge in [-0.1, -0.05) is 5.16 Å². The molecule has 20 heavy (non-hydrogen) atoms. The van der Waals surface area contributed by atoms with Crippen LogP contribution >= 0.6 is 0 Å². The highest BCUT2D eigenvalue weighted by Gasteiger charge is 2.07. The smallest absolute Gasteiger partial charge is 0.263 e. The molecule has 2 rings (SSSR count). The molecule has 1 aromatic heterocycles. The van der Waals surface area contributed by atoms with Gasteiger partial charge < -0.3 is 14.6 Å². The van der Waals surface area contributed by atoms with Crippen LogP contribution in [-0.4, -0.2) is 23.5 Å². The van der Waals surface area contributed by atoms with Crippen LogP contribution in [0.1, 0.15) is 23.0 Å². The lowest BCUT2D eigenvalue weighted by molar-refractivity contribution is -0.118. The minimum absolute atomic E-state index is 0.0179. The predicted molar refractivity (Wildman–Crippen MR) is 71.8 cm³/mol. The van der Waals surface area contributed by atoms with Gasteiger partial charge in [0.15, 0.2) is 18.2 Å². The van der Waals surface area contributed by atoms with E-state index >= 15 is 0 Å². The van der Waals surface area contributed by atoms with Crippen molar-refractivity contribution in [3.8, 4) is 5.75 Å². The molecule has 0 saturated carbocycles. The molecule has 0 spiro atoms. The SMILES string of the molecule is CC(=O)c1ccc(OCC(=O)Nc2cc(C)on2)cc1. The number of ether oxygens (including phenoxy) is 1. The largest absolute Gasteiger partial charge is 0.484 e. The molecule has 104 valence electrons. The Labute approximate surface area is 115 Å². The molecule has 0 fully saturated rings. The number of aryl methyl sites for hydroxylation is 1. The summed E-state index contributed by atoms with van der Waals surface area (Å²) in [5.74, 6) is 1.12. The van der Waals surface area contributed by atoms with Gasteiger partial charge in [-0.05, 0) is 38.1 Å². The Hall–Kier alpha value is -2.63. The summed E-state index contributed by atoms with van der Waals surface area (Å²) in [5.41, 5.74) is 0.597. The molecule has 0 saturated heterocycles. The molecule has 1 aromatic carbocycles. The Balaban J connectivity index is 1.85. The van der Waals surface area contributed by atoms with Crippen LogP contribution in [0.2, 0.25) is 0 Å². The Morgan fingerprint density at radius 3 is 2.55 bits per heavy atom. The number of hydrogen-bond donors (Lipinski definition) is 1. The van der Waals surface area contributed by atoms with Crippen molar-refractivity contribution in [3.63, 3.8) is 0 Å². The highest BCUT2D eigenvalue weighted by molar-refractivity contribution is 5.94. The van der Waals surface area contributed by atoms with Gasteiger partial charge in [0.05, 0.1) is 0 Å². The number of anilines is 1. The van der Waals surface area contributed by atoms with Crippen LogP contribution in [0.4, 0.5) is 5.82 Å². The number of hydrogen-bond acceptors (Lipinski definition) is 5. The minimum atomic E-state index is -0.339. The first-order valence-corrected chi connectivity index (χ1v) is 6.01. The van der Waals surface area contributed by atoms with E-state index in [0.717, 1.165) is 0 Å². The van der Waals surface area contributed by atoms with Crippen molar-refractivity contribution in [2.75, 3.05) is 11.9 Å². The number of Topliss-reactive ketones (excluding diaryl/α,β-unsaturated/α-hetero) is 1. The van der Waals surface area contributed by atoms with Gasteiger partial charge in [-0.25, -0.2) is 0 Å². The van der Waals surface area contributed by atoms with Gasteiger partial charge in [-0.2, -0.15) is 0 Å².